The third-order valence-corrected chi connectivity index (χ3v) is 10.5. The highest BCUT2D eigenvalue weighted by Crippen LogP contribution is 2.31. The Kier molecular flexibility index (Phi) is 9.49. The number of carbonyl (C=O) groups is 2. The summed E-state index contributed by atoms with van der Waals surface area (Å²) >= 11 is 0. The lowest BCUT2D eigenvalue weighted by Crippen LogP contribution is -2.31. The first kappa shape index (κ1) is 33.1. The Labute approximate surface area is 280 Å². The highest BCUT2D eigenvalue weighted by atomic mass is 32.2. The lowest BCUT2D eigenvalue weighted by molar-refractivity contribution is 0.0980. The van der Waals surface area contributed by atoms with Gasteiger partial charge in [0.1, 0.15) is 22.4 Å². The Morgan fingerprint density at radius 3 is 2.50 bits per heavy atom. The second-order valence-electron chi connectivity index (χ2n) is 12.6. The standard InChI is InChI=1S/C37H39N3O7S/c1-40-24-28(31-23-29(15-16-32(31)40)38-36(42)47-30-10-4-5-11-30)21-26-13-14-27(22-33(26)46-2)35(41)39-48(44,45)34-12-6-3-9-25(34)17-20-37(43)18-7-8-19-37/h3,6,9,12-16,22-24,30,43H,4-5,7-8,10-11,18-19,21H2,1-2H3,(H,38,42)(H,39,41). The number of rotatable bonds is 8. The maximum absolute atomic E-state index is 13.4. The van der Waals surface area contributed by atoms with Crippen molar-refractivity contribution >= 4 is 38.6 Å². The molecule has 4 aromatic rings. The molecule has 2 aliphatic rings. The van der Waals surface area contributed by atoms with E-state index in [-0.39, 0.29) is 22.1 Å². The fraction of sp³-hybridized carbons (Fsp3) is 0.351. The normalized spacial score (nSPS) is 15.9. The zero-order valence-corrected chi connectivity index (χ0v) is 27.9. The number of ether oxygens (including phenoxy) is 2. The van der Waals surface area contributed by atoms with Gasteiger partial charge in [0.2, 0.25) is 0 Å². The minimum absolute atomic E-state index is 0.0372. The molecule has 2 aliphatic carbocycles. The first-order chi connectivity index (χ1) is 23.0. The van der Waals surface area contributed by atoms with Crippen LogP contribution in [-0.4, -0.2) is 48.9 Å². The zero-order valence-electron chi connectivity index (χ0n) is 27.0. The Balaban J connectivity index is 1.19. The molecule has 0 radical (unpaired) electrons. The van der Waals surface area contributed by atoms with E-state index in [4.69, 9.17) is 9.47 Å². The van der Waals surface area contributed by atoms with Gasteiger partial charge in [-0.05, 0) is 105 Å². The van der Waals surface area contributed by atoms with Gasteiger partial charge in [0.15, 0.2) is 0 Å². The number of methoxy groups -OCH3 is 1. The molecule has 250 valence electrons. The van der Waals surface area contributed by atoms with Gasteiger partial charge < -0.3 is 19.1 Å². The van der Waals surface area contributed by atoms with Crippen molar-refractivity contribution in [1.29, 1.82) is 0 Å². The summed E-state index contributed by atoms with van der Waals surface area (Å²) in [5, 5.41) is 14.4. The minimum Gasteiger partial charge on any atom is -0.496 e. The topological polar surface area (TPSA) is 136 Å². The van der Waals surface area contributed by atoms with E-state index < -0.39 is 27.6 Å². The van der Waals surface area contributed by atoms with Gasteiger partial charge in [0.25, 0.3) is 15.9 Å². The maximum atomic E-state index is 13.4. The van der Waals surface area contributed by atoms with Crippen molar-refractivity contribution in [3.05, 3.63) is 89.1 Å². The van der Waals surface area contributed by atoms with E-state index in [1.165, 1.54) is 19.2 Å². The summed E-state index contributed by atoms with van der Waals surface area (Å²) in [6.07, 6.45) is 8.69. The number of aryl methyl sites for hydroxylation is 1. The molecule has 0 aliphatic heterocycles. The number of anilines is 1. The predicted molar refractivity (Wildman–Crippen MR) is 182 cm³/mol. The summed E-state index contributed by atoms with van der Waals surface area (Å²) in [7, 11) is -0.855. The first-order valence-corrected chi connectivity index (χ1v) is 17.7. The van der Waals surface area contributed by atoms with Crippen molar-refractivity contribution in [3.63, 3.8) is 0 Å². The van der Waals surface area contributed by atoms with Crippen molar-refractivity contribution in [2.75, 3.05) is 12.4 Å². The summed E-state index contributed by atoms with van der Waals surface area (Å²) in [5.74, 6) is 5.26. The summed E-state index contributed by atoms with van der Waals surface area (Å²) in [6.45, 7) is 0. The molecule has 0 saturated heterocycles. The van der Waals surface area contributed by atoms with Crippen LogP contribution in [0.1, 0.15) is 78.4 Å². The van der Waals surface area contributed by atoms with E-state index in [2.05, 4.69) is 21.9 Å². The summed E-state index contributed by atoms with van der Waals surface area (Å²) in [6, 6.07) is 16.6. The number of fused-ring (bicyclic) bond motifs is 1. The van der Waals surface area contributed by atoms with E-state index in [1.807, 2.05) is 36.0 Å². The largest absolute Gasteiger partial charge is 0.496 e. The molecule has 0 spiro atoms. The Hall–Kier alpha value is -4.79. The second-order valence-corrected chi connectivity index (χ2v) is 14.2. The molecule has 0 atom stereocenters. The van der Waals surface area contributed by atoms with Crippen molar-refractivity contribution in [2.45, 2.75) is 74.4 Å². The molecule has 1 aromatic heterocycles. The van der Waals surface area contributed by atoms with Gasteiger partial charge >= 0.3 is 6.09 Å². The fourth-order valence-electron chi connectivity index (χ4n) is 6.54. The summed E-state index contributed by atoms with van der Waals surface area (Å²) in [4.78, 5) is 25.6. The molecule has 48 heavy (non-hydrogen) atoms. The SMILES string of the molecule is COc1cc(C(=O)NS(=O)(=O)c2ccccc2C#CC2(O)CCCC2)ccc1Cc1cn(C)c2ccc(NC(=O)OC3CCCC3)cc12. The van der Waals surface area contributed by atoms with Crippen LogP contribution in [-0.2, 0) is 28.2 Å². The van der Waals surface area contributed by atoms with Gasteiger partial charge in [-0.1, -0.05) is 30.0 Å². The van der Waals surface area contributed by atoms with Crippen LogP contribution in [0.5, 0.6) is 5.75 Å². The Morgan fingerprint density at radius 1 is 1.00 bits per heavy atom. The molecule has 2 amide bonds. The first-order valence-electron chi connectivity index (χ1n) is 16.2. The Morgan fingerprint density at radius 2 is 1.75 bits per heavy atom. The smallest absolute Gasteiger partial charge is 0.411 e. The average Bonchev–Trinajstić information content (AvgIpc) is 3.81. The number of amides is 2. The molecule has 2 saturated carbocycles. The van der Waals surface area contributed by atoms with E-state index in [0.29, 0.717) is 30.7 Å². The number of aliphatic hydroxyl groups is 1. The third kappa shape index (κ3) is 7.35. The molecule has 0 bridgehead atoms. The van der Waals surface area contributed by atoms with Crippen molar-refractivity contribution < 1.29 is 32.6 Å². The van der Waals surface area contributed by atoms with Gasteiger partial charge in [-0.3, -0.25) is 10.1 Å². The van der Waals surface area contributed by atoms with Crippen LogP contribution in [0.15, 0.2) is 71.8 Å². The molecule has 3 aromatic carbocycles. The molecule has 2 fully saturated rings. The van der Waals surface area contributed by atoms with Crippen LogP contribution < -0.4 is 14.8 Å². The number of carbonyl (C=O) groups excluding carboxylic acids is 2. The second kappa shape index (κ2) is 13.7. The van der Waals surface area contributed by atoms with Gasteiger partial charge in [-0.2, -0.15) is 0 Å². The molecule has 1 heterocycles. The van der Waals surface area contributed by atoms with E-state index in [9.17, 15) is 23.1 Å². The predicted octanol–water partition coefficient (Wildman–Crippen LogP) is 6.04. The van der Waals surface area contributed by atoms with Crippen molar-refractivity contribution in [3.8, 4) is 17.6 Å². The van der Waals surface area contributed by atoms with E-state index in [1.54, 1.807) is 30.3 Å². The highest BCUT2D eigenvalue weighted by Gasteiger charge is 2.29. The molecule has 6 rings (SSSR count). The van der Waals surface area contributed by atoms with Gasteiger partial charge in [0.05, 0.1) is 7.11 Å². The zero-order chi connectivity index (χ0) is 33.9. The molecule has 11 heteroatoms. The summed E-state index contributed by atoms with van der Waals surface area (Å²) < 4.78 is 42.1. The van der Waals surface area contributed by atoms with Crippen molar-refractivity contribution in [1.82, 2.24) is 9.29 Å². The van der Waals surface area contributed by atoms with Crippen LogP contribution in [0.2, 0.25) is 0 Å². The number of nitrogens with one attached hydrogen (secondary N) is 2. The van der Waals surface area contributed by atoms with E-state index in [0.717, 1.165) is 60.6 Å². The number of aromatic nitrogens is 1. The highest BCUT2D eigenvalue weighted by molar-refractivity contribution is 7.90. The monoisotopic (exact) mass is 669 g/mol. The van der Waals surface area contributed by atoms with Crippen LogP contribution in [0, 0.1) is 11.8 Å². The number of hydrogen-bond donors (Lipinski definition) is 3. The molecule has 3 N–H and O–H groups in total. The third-order valence-electron chi connectivity index (χ3n) is 9.09. The van der Waals surface area contributed by atoms with Gasteiger partial charge in [-0.25, -0.2) is 17.9 Å². The number of benzene rings is 3. The molecular weight excluding hydrogens is 630 g/mol. The Bertz CT molecular complexity index is 2030. The van der Waals surface area contributed by atoms with Gasteiger partial charge in [-0.15, -0.1) is 0 Å². The van der Waals surface area contributed by atoms with Crippen LogP contribution in [0.4, 0.5) is 10.5 Å². The van der Waals surface area contributed by atoms with Crippen LogP contribution in [0.25, 0.3) is 10.9 Å². The quantitative estimate of drug-likeness (QED) is 0.195. The van der Waals surface area contributed by atoms with E-state index >= 15 is 0 Å². The molecule has 0 unspecified atom stereocenters. The van der Waals surface area contributed by atoms with Gasteiger partial charge in [0, 0.05) is 47.4 Å². The fourth-order valence-corrected chi connectivity index (χ4v) is 7.68. The number of nitrogens with zero attached hydrogens (tertiary/aromatic N) is 1. The maximum Gasteiger partial charge on any atom is 0.411 e. The lowest BCUT2D eigenvalue weighted by atomic mass is 10.0. The molecule has 10 nitrogen and oxygen atoms in total. The van der Waals surface area contributed by atoms with Crippen LogP contribution in [0.3, 0.4) is 0 Å². The number of hydrogen-bond acceptors (Lipinski definition) is 7. The average molecular weight is 670 g/mol. The van der Waals surface area contributed by atoms with Crippen molar-refractivity contribution in [2.24, 2.45) is 7.05 Å². The minimum atomic E-state index is -4.29. The van der Waals surface area contributed by atoms with Crippen LogP contribution >= 0.6 is 0 Å². The number of sulfonamides is 1. The summed E-state index contributed by atoms with van der Waals surface area (Å²) in [5.41, 5.74) is 2.53. The lowest BCUT2D eigenvalue weighted by Gasteiger charge is -2.14. The molecular formula is C37H39N3O7S.